The number of aryl methyl sites for hydroxylation is 1. The summed E-state index contributed by atoms with van der Waals surface area (Å²) in [6.07, 6.45) is 1.80. The molecule has 110 valence electrons. The highest BCUT2D eigenvalue weighted by atomic mass is 16.5. The first-order valence-electron chi connectivity index (χ1n) is 6.76. The van der Waals surface area contributed by atoms with Crippen molar-refractivity contribution >= 4 is 5.97 Å². The van der Waals surface area contributed by atoms with Gasteiger partial charge < -0.3 is 9.84 Å². The Morgan fingerprint density at radius 1 is 1.19 bits per heavy atom. The highest BCUT2D eigenvalue weighted by Crippen LogP contribution is 2.26. The average Bonchev–Trinajstić information content (AvgIpc) is 2.38. The largest absolute Gasteiger partial charge is 0.478 e. The van der Waals surface area contributed by atoms with Gasteiger partial charge in [-0.2, -0.15) is 0 Å². The molecule has 0 aliphatic carbocycles. The Balaban J connectivity index is 2.19. The molecule has 2 aromatic rings. The van der Waals surface area contributed by atoms with Gasteiger partial charge in [0.1, 0.15) is 5.75 Å². The minimum Gasteiger partial charge on any atom is -0.478 e. The Bertz CT molecular complexity index is 655. The molecule has 0 saturated heterocycles. The fourth-order valence-corrected chi connectivity index (χ4v) is 1.94. The number of nitrogens with zero attached hydrogens (tertiary/aromatic N) is 1. The van der Waals surface area contributed by atoms with Gasteiger partial charge in [0.25, 0.3) is 0 Å². The van der Waals surface area contributed by atoms with Crippen LogP contribution in [0.5, 0.6) is 11.6 Å². The zero-order valence-corrected chi connectivity index (χ0v) is 12.7. The van der Waals surface area contributed by atoms with Crippen molar-refractivity contribution in [2.24, 2.45) is 0 Å². The lowest BCUT2D eigenvalue weighted by Crippen LogP contribution is -2.11. The summed E-state index contributed by atoms with van der Waals surface area (Å²) in [4.78, 5) is 15.3. The molecule has 0 saturated carbocycles. The van der Waals surface area contributed by atoms with E-state index in [1.807, 2.05) is 12.1 Å². The number of carboxylic acids is 1. The van der Waals surface area contributed by atoms with Crippen LogP contribution < -0.4 is 4.74 Å². The van der Waals surface area contributed by atoms with Crippen molar-refractivity contribution in [1.29, 1.82) is 0 Å². The number of rotatable bonds is 3. The van der Waals surface area contributed by atoms with Gasteiger partial charge in [0.2, 0.25) is 5.88 Å². The maximum Gasteiger partial charge on any atom is 0.335 e. The molecule has 2 rings (SSSR count). The summed E-state index contributed by atoms with van der Waals surface area (Å²) in [6.45, 7) is 8.11. The number of carboxylic acid groups (broad SMARTS) is 1. The van der Waals surface area contributed by atoms with E-state index in [1.165, 1.54) is 6.07 Å². The molecular formula is C17H19NO3. The highest BCUT2D eigenvalue weighted by molar-refractivity contribution is 5.89. The molecule has 0 atom stereocenters. The Kier molecular flexibility index (Phi) is 3.98. The van der Waals surface area contributed by atoms with Crippen molar-refractivity contribution < 1.29 is 14.6 Å². The molecule has 1 aromatic heterocycles. The molecular weight excluding hydrogens is 266 g/mol. The summed E-state index contributed by atoms with van der Waals surface area (Å²) in [5.74, 6) is 0.130. The van der Waals surface area contributed by atoms with E-state index in [-0.39, 0.29) is 11.0 Å². The van der Waals surface area contributed by atoms with Crippen LogP contribution in [0.4, 0.5) is 0 Å². The van der Waals surface area contributed by atoms with E-state index in [0.29, 0.717) is 17.2 Å². The summed E-state index contributed by atoms with van der Waals surface area (Å²) in [5, 5.41) is 9.00. The predicted molar refractivity (Wildman–Crippen MR) is 81.1 cm³/mol. The summed E-state index contributed by atoms with van der Waals surface area (Å²) < 4.78 is 5.66. The van der Waals surface area contributed by atoms with Crippen molar-refractivity contribution in [2.45, 2.75) is 33.1 Å². The van der Waals surface area contributed by atoms with Gasteiger partial charge in [-0.1, -0.05) is 26.8 Å². The van der Waals surface area contributed by atoms with Gasteiger partial charge in [-0.05, 0) is 41.7 Å². The lowest BCUT2D eigenvalue weighted by molar-refractivity contribution is 0.0696. The van der Waals surface area contributed by atoms with E-state index in [1.54, 1.807) is 25.3 Å². The maximum atomic E-state index is 11.0. The van der Waals surface area contributed by atoms with Gasteiger partial charge in [0.15, 0.2) is 0 Å². The molecule has 1 heterocycles. The van der Waals surface area contributed by atoms with E-state index in [4.69, 9.17) is 9.84 Å². The molecule has 1 aromatic carbocycles. The molecule has 0 radical (unpaired) electrons. The van der Waals surface area contributed by atoms with Crippen LogP contribution in [0.1, 0.15) is 42.3 Å². The fourth-order valence-electron chi connectivity index (χ4n) is 1.94. The zero-order chi connectivity index (χ0) is 15.6. The Labute approximate surface area is 124 Å². The van der Waals surface area contributed by atoms with Crippen LogP contribution in [0.15, 0.2) is 36.5 Å². The quantitative estimate of drug-likeness (QED) is 0.919. The normalized spacial score (nSPS) is 11.2. The lowest BCUT2D eigenvalue weighted by atomic mass is 9.88. The number of pyridine rings is 1. The Morgan fingerprint density at radius 2 is 1.90 bits per heavy atom. The fraction of sp³-hybridized carbons (Fsp3) is 0.294. The molecule has 0 fully saturated rings. The standard InChI is InChI=1S/C17H19NO3/c1-11-9-13(6-7-14(11)16(19)20)21-15-8-5-12(10-18-15)17(2,3)4/h5-10H,1-4H3,(H,19,20). The third-order valence-electron chi connectivity index (χ3n) is 3.25. The van der Waals surface area contributed by atoms with Crippen molar-refractivity contribution in [3.63, 3.8) is 0 Å². The third kappa shape index (κ3) is 3.60. The topological polar surface area (TPSA) is 59.4 Å². The van der Waals surface area contributed by atoms with Crippen LogP contribution in [-0.4, -0.2) is 16.1 Å². The lowest BCUT2D eigenvalue weighted by Gasteiger charge is -2.18. The zero-order valence-electron chi connectivity index (χ0n) is 12.7. The van der Waals surface area contributed by atoms with Crippen LogP contribution >= 0.6 is 0 Å². The van der Waals surface area contributed by atoms with E-state index in [0.717, 1.165) is 5.56 Å². The molecule has 4 nitrogen and oxygen atoms in total. The molecule has 1 N–H and O–H groups in total. The number of carbonyl (C=O) groups is 1. The van der Waals surface area contributed by atoms with Gasteiger partial charge in [0, 0.05) is 12.3 Å². The first-order valence-corrected chi connectivity index (χ1v) is 6.76. The van der Waals surface area contributed by atoms with Gasteiger partial charge in [-0.15, -0.1) is 0 Å². The Hall–Kier alpha value is -2.36. The number of aromatic nitrogens is 1. The van der Waals surface area contributed by atoms with E-state index in [2.05, 4.69) is 25.8 Å². The van der Waals surface area contributed by atoms with E-state index >= 15 is 0 Å². The second kappa shape index (κ2) is 5.56. The first kappa shape index (κ1) is 15.0. The molecule has 0 aliphatic heterocycles. The second-order valence-electron chi connectivity index (χ2n) is 6.02. The minimum absolute atomic E-state index is 0.0469. The Morgan fingerprint density at radius 3 is 2.38 bits per heavy atom. The van der Waals surface area contributed by atoms with Crippen LogP contribution in [-0.2, 0) is 5.41 Å². The molecule has 0 bridgehead atoms. The number of ether oxygens (including phenoxy) is 1. The third-order valence-corrected chi connectivity index (χ3v) is 3.25. The van der Waals surface area contributed by atoms with Gasteiger partial charge in [-0.3, -0.25) is 0 Å². The van der Waals surface area contributed by atoms with E-state index < -0.39 is 5.97 Å². The van der Waals surface area contributed by atoms with Crippen molar-refractivity contribution in [1.82, 2.24) is 4.98 Å². The van der Waals surface area contributed by atoms with E-state index in [9.17, 15) is 4.79 Å². The van der Waals surface area contributed by atoms with Crippen LogP contribution in [0.25, 0.3) is 0 Å². The average molecular weight is 285 g/mol. The van der Waals surface area contributed by atoms with Crippen molar-refractivity contribution in [3.05, 3.63) is 53.2 Å². The summed E-state index contributed by atoms with van der Waals surface area (Å²) >= 11 is 0. The van der Waals surface area contributed by atoms with Crippen LogP contribution in [0, 0.1) is 6.92 Å². The van der Waals surface area contributed by atoms with Crippen LogP contribution in [0.2, 0.25) is 0 Å². The SMILES string of the molecule is Cc1cc(Oc2ccc(C(C)(C)C)cn2)ccc1C(=O)O. The van der Waals surface area contributed by atoms with Gasteiger partial charge in [0.05, 0.1) is 5.56 Å². The second-order valence-corrected chi connectivity index (χ2v) is 6.02. The first-order chi connectivity index (χ1) is 9.77. The smallest absolute Gasteiger partial charge is 0.335 e. The summed E-state index contributed by atoms with van der Waals surface area (Å²) in [6, 6.07) is 8.68. The summed E-state index contributed by atoms with van der Waals surface area (Å²) in [5.41, 5.74) is 2.11. The maximum absolute atomic E-state index is 11.0. The van der Waals surface area contributed by atoms with Crippen molar-refractivity contribution in [2.75, 3.05) is 0 Å². The predicted octanol–water partition coefficient (Wildman–Crippen LogP) is 4.18. The molecule has 4 heteroatoms. The number of hydrogen-bond acceptors (Lipinski definition) is 3. The molecule has 21 heavy (non-hydrogen) atoms. The monoisotopic (exact) mass is 285 g/mol. The van der Waals surface area contributed by atoms with Crippen LogP contribution in [0.3, 0.4) is 0 Å². The molecule has 0 amide bonds. The summed E-state index contributed by atoms with van der Waals surface area (Å²) in [7, 11) is 0. The van der Waals surface area contributed by atoms with Crippen molar-refractivity contribution in [3.8, 4) is 11.6 Å². The number of hydrogen-bond donors (Lipinski definition) is 1. The molecule has 0 spiro atoms. The van der Waals surface area contributed by atoms with Gasteiger partial charge in [-0.25, -0.2) is 9.78 Å². The molecule has 0 unspecified atom stereocenters. The number of benzene rings is 1. The van der Waals surface area contributed by atoms with Gasteiger partial charge >= 0.3 is 5.97 Å². The molecule has 0 aliphatic rings. The minimum atomic E-state index is -0.938. The highest BCUT2D eigenvalue weighted by Gasteiger charge is 2.14. The number of aromatic carboxylic acids is 1.